The molecule has 7 nitrogen and oxygen atoms in total. The standard InChI is InChI=1S/C19H18N2O5S/c1-12(18(23)21-19-14(11-20)8-9-27-19)26-17(22)7-4-13-10-15(24-2)5-6-16(13)25-3/h4-10,12H,1-3H3,(H,21,23)/b7-4+. The number of thiophene rings is 1. The molecule has 0 saturated carbocycles. The van der Waals surface area contributed by atoms with Crippen molar-refractivity contribution in [3.8, 4) is 17.6 Å². The first-order valence-electron chi connectivity index (χ1n) is 7.87. The normalized spacial score (nSPS) is 11.5. The summed E-state index contributed by atoms with van der Waals surface area (Å²) in [6, 6.07) is 8.73. The molecule has 1 unspecified atom stereocenters. The first-order chi connectivity index (χ1) is 13.0. The minimum atomic E-state index is -1.03. The maximum absolute atomic E-state index is 12.1. The Kier molecular flexibility index (Phi) is 6.97. The molecule has 1 heterocycles. The van der Waals surface area contributed by atoms with Gasteiger partial charge in [0.15, 0.2) is 6.10 Å². The number of esters is 1. The summed E-state index contributed by atoms with van der Waals surface area (Å²) in [7, 11) is 3.05. The zero-order valence-electron chi connectivity index (χ0n) is 15.0. The number of hydrogen-bond donors (Lipinski definition) is 1. The molecule has 1 atom stereocenters. The maximum Gasteiger partial charge on any atom is 0.331 e. The number of anilines is 1. The summed E-state index contributed by atoms with van der Waals surface area (Å²) in [6.07, 6.45) is 1.69. The van der Waals surface area contributed by atoms with Crippen molar-refractivity contribution in [1.29, 1.82) is 5.26 Å². The number of benzene rings is 1. The minimum absolute atomic E-state index is 0.358. The molecule has 0 fully saturated rings. The molecule has 27 heavy (non-hydrogen) atoms. The number of rotatable bonds is 7. The van der Waals surface area contributed by atoms with Crippen molar-refractivity contribution in [2.75, 3.05) is 19.5 Å². The van der Waals surface area contributed by atoms with Crippen LogP contribution < -0.4 is 14.8 Å². The third kappa shape index (κ3) is 5.33. The summed E-state index contributed by atoms with van der Waals surface area (Å²) in [5.74, 6) is -0.0305. The van der Waals surface area contributed by atoms with Gasteiger partial charge in [-0.25, -0.2) is 4.79 Å². The number of nitrogens with one attached hydrogen (secondary N) is 1. The quantitative estimate of drug-likeness (QED) is 0.580. The Balaban J connectivity index is 1.99. The minimum Gasteiger partial charge on any atom is -0.497 e. The van der Waals surface area contributed by atoms with Crippen molar-refractivity contribution >= 4 is 34.3 Å². The zero-order valence-corrected chi connectivity index (χ0v) is 15.8. The summed E-state index contributed by atoms with van der Waals surface area (Å²) in [5, 5.41) is 13.6. The summed E-state index contributed by atoms with van der Waals surface area (Å²) < 4.78 is 15.5. The van der Waals surface area contributed by atoms with E-state index in [2.05, 4.69) is 5.32 Å². The molecule has 0 saturated heterocycles. The summed E-state index contributed by atoms with van der Waals surface area (Å²) >= 11 is 1.22. The van der Waals surface area contributed by atoms with E-state index in [0.717, 1.165) is 0 Å². The highest BCUT2D eigenvalue weighted by Crippen LogP contribution is 2.25. The first-order valence-corrected chi connectivity index (χ1v) is 8.75. The lowest BCUT2D eigenvalue weighted by Crippen LogP contribution is -2.29. The van der Waals surface area contributed by atoms with Crippen LogP contribution >= 0.6 is 11.3 Å². The molecule has 0 aliphatic heterocycles. The molecular weight excluding hydrogens is 368 g/mol. The van der Waals surface area contributed by atoms with Crippen LogP contribution in [0.3, 0.4) is 0 Å². The van der Waals surface area contributed by atoms with E-state index in [1.165, 1.54) is 44.6 Å². The van der Waals surface area contributed by atoms with Crippen molar-refractivity contribution in [3.05, 3.63) is 46.8 Å². The van der Waals surface area contributed by atoms with Gasteiger partial charge in [0.1, 0.15) is 22.6 Å². The molecule has 1 amide bonds. The van der Waals surface area contributed by atoms with Crippen molar-refractivity contribution in [1.82, 2.24) is 0 Å². The lowest BCUT2D eigenvalue weighted by atomic mass is 10.1. The second kappa shape index (κ2) is 9.40. The van der Waals surface area contributed by atoms with Gasteiger partial charge >= 0.3 is 5.97 Å². The van der Waals surface area contributed by atoms with Gasteiger partial charge in [-0.1, -0.05) is 0 Å². The van der Waals surface area contributed by atoms with Crippen LogP contribution in [0.15, 0.2) is 35.7 Å². The van der Waals surface area contributed by atoms with Crippen LogP contribution in [0.4, 0.5) is 5.00 Å². The second-order valence-electron chi connectivity index (χ2n) is 5.28. The number of carbonyl (C=O) groups excluding carboxylic acids is 2. The highest BCUT2D eigenvalue weighted by Gasteiger charge is 2.18. The van der Waals surface area contributed by atoms with Gasteiger partial charge in [-0.2, -0.15) is 5.26 Å². The van der Waals surface area contributed by atoms with Crippen LogP contribution in [0.25, 0.3) is 6.08 Å². The van der Waals surface area contributed by atoms with Gasteiger partial charge in [0.25, 0.3) is 5.91 Å². The SMILES string of the molecule is COc1ccc(OC)c(/C=C/C(=O)OC(C)C(=O)Nc2sccc2C#N)c1. The van der Waals surface area contributed by atoms with E-state index in [1.54, 1.807) is 29.6 Å². The molecule has 1 aromatic heterocycles. The Morgan fingerprint density at radius 3 is 2.70 bits per heavy atom. The fourth-order valence-electron chi connectivity index (χ4n) is 2.10. The summed E-state index contributed by atoms with van der Waals surface area (Å²) in [5.41, 5.74) is 0.986. The third-order valence-corrected chi connectivity index (χ3v) is 4.35. The number of amides is 1. The van der Waals surface area contributed by atoms with Crippen LogP contribution in [0.5, 0.6) is 11.5 Å². The van der Waals surface area contributed by atoms with Gasteiger partial charge in [0.2, 0.25) is 0 Å². The predicted octanol–water partition coefficient (Wildman–Crippen LogP) is 3.22. The van der Waals surface area contributed by atoms with Crippen LogP contribution in [0.2, 0.25) is 0 Å². The fraction of sp³-hybridized carbons (Fsp3) is 0.211. The molecular formula is C19H18N2O5S. The van der Waals surface area contributed by atoms with Crippen LogP contribution in [-0.2, 0) is 14.3 Å². The molecule has 8 heteroatoms. The Labute approximate surface area is 160 Å². The van der Waals surface area contributed by atoms with Gasteiger partial charge in [0, 0.05) is 11.6 Å². The number of nitriles is 1. The highest BCUT2D eigenvalue weighted by molar-refractivity contribution is 7.14. The average Bonchev–Trinajstić information content (AvgIpc) is 3.12. The molecule has 1 N–H and O–H groups in total. The van der Waals surface area contributed by atoms with E-state index >= 15 is 0 Å². The molecule has 0 spiro atoms. The number of nitrogens with zero attached hydrogens (tertiary/aromatic N) is 1. The van der Waals surface area contributed by atoms with Gasteiger partial charge in [-0.3, -0.25) is 4.79 Å². The third-order valence-electron chi connectivity index (χ3n) is 3.52. The van der Waals surface area contributed by atoms with Crippen molar-refractivity contribution in [2.45, 2.75) is 13.0 Å². The molecule has 2 rings (SSSR count). The van der Waals surface area contributed by atoms with E-state index in [0.29, 0.717) is 27.6 Å². The zero-order chi connectivity index (χ0) is 19.8. The Bertz CT molecular complexity index is 898. The number of methoxy groups -OCH3 is 2. The maximum atomic E-state index is 12.1. The Morgan fingerprint density at radius 1 is 1.26 bits per heavy atom. The monoisotopic (exact) mass is 386 g/mol. The van der Waals surface area contributed by atoms with E-state index in [-0.39, 0.29) is 0 Å². The number of carbonyl (C=O) groups is 2. The summed E-state index contributed by atoms with van der Waals surface area (Å²) in [4.78, 5) is 24.1. The Hall–Kier alpha value is -3.31. The smallest absolute Gasteiger partial charge is 0.331 e. The average molecular weight is 386 g/mol. The fourth-order valence-corrected chi connectivity index (χ4v) is 2.84. The van der Waals surface area contributed by atoms with Gasteiger partial charge in [-0.05, 0) is 42.6 Å². The van der Waals surface area contributed by atoms with Gasteiger partial charge in [0.05, 0.1) is 19.8 Å². The highest BCUT2D eigenvalue weighted by atomic mass is 32.1. The van der Waals surface area contributed by atoms with E-state index in [9.17, 15) is 9.59 Å². The van der Waals surface area contributed by atoms with E-state index in [1.807, 2.05) is 6.07 Å². The topological polar surface area (TPSA) is 97.7 Å². The molecule has 0 radical (unpaired) electrons. The van der Waals surface area contributed by atoms with Crippen LogP contribution in [0.1, 0.15) is 18.1 Å². The lowest BCUT2D eigenvalue weighted by molar-refractivity contribution is -0.148. The molecule has 2 aromatic rings. The first kappa shape index (κ1) is 20.0. The predicted molar refractivity (Wildman–Crippen MR) is 102 cm³/mol. The van der Waals surface area contributed by atoms with Crippen molar-refractivity contribution < 1.29 is 23.8 Å². The molecule has 0 aliphatic rings. The van der Waals surface area contributed by atoms with Gasteiger partial charge < -0.3 is 19.5 Å². The van der Waals surface area contributed by atoms with E-state index in [4.69, 9.17) is 19.5 Å². The van der Waals surface area contributed by atoms with Crippen LogP contribution in [0, 0.1) is 11.3 Å². The van der Waals surface area contributed by atoms with Gasteiger partial charge in [-0.15, -0.1) is 11.3 Å². The van der Waals surface area contributed by atoms with Crippen LogP contribution in [-0.4, -0.2) is 32.2 Å². The Morgan fingerprint density at radius 2 is 2.04 bits per heavy atom. The molecule has 1 aromatic carbocycles. The largest absolute Gasteiger partial charge is 0.497 e. The summed E-state index contributed by atoms with van der Waals surface area (Å²) in [6.45, 7) is 1.45. The van der Waals surface area contributed by atoms with E-state index < -0.39 is 18.0 Å². The van der Waals surface area contributed by atoms with Crippen molar-refractivity contribution in [3.63, 3.8) is 0 Å². The molecule has 0 bridgehead atoms. The number of hydrogen-bond acceptors (Lipinski definition) is 7. The lowest BCUT2D eigenvalue weighted by Gasteiger charge is -2.11. The molecule has 0 aliphatic carbocycles. The number of ether oxygens (including phenoxy) is 3. The molecule has 140 valence electrons. The van der Waals surface area contributed by atoms with Crippen molar-refractivity contribution in [2.24, 2.45) is 0 Å². The second-order valence-corrected chi connectivity index (χ2v) is 6.20.